The Labute approximate surface area is 225 Å². The molecule has 2 unspecified atom stereocenters. The summed E-state index contributed by atoms with van der Waals surface area (Å²) in [7, 11) is 0. The molecule has 178 valence electrons. The van der Waals surface area contributed by atoms with Gasteiger partial charge in [0.25, 0.3) is 0 Å². The first-order chi connectivity index (χ1) is 17.5. The SMILES string of the molecule is O=C(OC1C(OC(=O)c2ccccc2)[C@]2(Br)c3ccccc3[C@@]1(Br)c1ccccc12)c1ccccc1. The fourth-order valence-corrected chi connectivity index (χ4v) is 7.41. The van der Waals surface area contributed by atoms with Crippen LogP contribution in [0.2, 0.25) is 0 Å². The number of esters is 2. The molecule has 2 atom stereocenters. The van der Waals surface area contributed by atoms with E-state index in [1.807, 2.05) is 60.7 Å². The molecule has 36 heavy (non-hydrogen) atoms. The Morgan fingerprint density at radius 2 is 0.778 bits per heavy atom. The Hall–Kier alpha value is -3.22. The van der Waals surface area contributed by atoms with Crippen molar-refractivity contribution in [2.24, 2.45) is 0 Å². The summed E-state index contributed by atoms with van der Waals surface area (Å²) in [6.07, 6.45) is -1.72. The zero-order valence-electron chi connectivity index (χ0n) is 18.9. The maximum Gasteiger partial charge on any atom is 0.338 e. The van der Waals surface area contributed by atoms with Crippen LogP contribution < -0.4 is 0 Å². The average Bonchev–Trinajstić information content (AvgIpc) is 2.93. The zero-order valence-corrected chi connectivity index (χ0v) is 22.1. The molecule has 2 bridgehead atoms. The van der Waals surface area contributed by atoms with Crippen molar-refractivity contribution in [1.29, 1.82) is 0 Å². The molecule has 4 aromatic rings. The van der Waals surface area contributed by atoms with Crippen LogP contribution in [0.25, 0.3) is 0 Å². The largest absolute Gasteiger partial charge is 0.452 e. The van der Waals surface area contributed by atoms with E-state index in [9.17, 15) is 9.59 Å². The summed E-state index contributed by atoms with van der Waals surface area (Å²) in [5, 5.41) is 0. The summed E-state index contributed by atoms with van der Waals surface area (Å²) < 4.78 is 10.6. The van der Waals surface area contributed by atoms with Crippen LogP contribution in [-0.2, 0) is 18.1 Å². The van der Waals surface area contributed by atoms with Crippen LogP contribution in [-0.4, -0.2) is 24.1 Å². The number of ether oxygens (including phenoxy) is 2. The first kappa shape index (κ1) is 23.2. The molecular weight excluding hydrogens is 584 g/mol. The van der Waals surface area contributed by atoms with Crippen LogP contribution >= 0.6 is 31.9 Å². The van der Waals surface area contributed by atoms with Gasteiger partial charge in [-0.25, -0.2) is 9.59 Å². The molecule has 0 amide bonds. The topological polar surface area (TPSA) is 52.6 Å². The molecule has 4 nitrogen and oxygen atoms in total. The normalized spacial score (nSPS) is 25.4. The van der Waals surface area contributed by atoms with Crippen molar-refractivity contribution in [3.8, 4) is 0 Å². The highest BCUT2D eigenvalue weighted by molar-refractivity contribution is 9.10. The lowest BCUT2D eigenvalue weighted by molar-refractivity contribution is -0.0643. The molecule has 0 fully saturated rings. The van der Waals surface area contributed by atoms with Crippen molar-refractivity contribution in [3.05, 3.63) is 143 Å². The van der Waals surface area contributed by atoms with Crippen LogP contribution in [0.4, 0.5) is 0 Å². The molecule has 3 aliphatic carbocycles. The summed E-state index contributed by atoms with van der Waals surface area (Å²) in [6, 6.07) is 33.6. The van der Waals surface area contributed by atoms with E-state index in [-0.39, 0.29) is 0 Å². The van der Waals surface area contributed by atoms with Crippen molar-refractivity contribution in [2.45, 2.75) is 20.9 Å². The van der Waals surface area contributed by atoms with Gasteiger partial charge in [0.15, 0.2) is 12.2 Å². The molecule has 0 radical (unpaired) electrons. The number of carbonyl (C=O) groups is 2. The van der Waals surface area contributed by atoms with Crippen molar-refractivity contribution < 1.29 is 19.1 Å². The highest BCUT2D eigenvalue weighted by atomic mass is 79.9. The maximum absolute atomic E-state index is 13.4. The summed E-state index contributed by atoms with van der Waals surface area (Å²) in [5.41, 5.74) is 4.68. The van der Waals surface area contributed by atoms with Crippen molar-refractivity contribution >= 4 is 43.8 Å². The molecular formula is C30H20Br2O4. The lowest BCUT2D eigenvalue weighted by Crippen LogP contribution is -2.64. The second-order valence-electron chi connectivity index (χ2n) is 8.90. The fourth-order valence-electron chi connectivity index (χ4n) is 5.36. The van der Waals surface area contributed by atoms with Gasteiger partial charge in [0.05, 0.1) is 11.1 Å². The predicted octanol–water partition coefficient (Wildman–Crippen LogP) is 6.74. The minimum atomic E-state index is -0.929. The second-order valence-corrected chi connectivity index (χ2v) is 11.4. The van der Waals surface area contributed by atoms with Crippen LogP contribution in [0.5, 0.6) is 0 Å². The van der Waals surface area contributed by atoms with E-state index in [0.29, 0.717) is 11.1 Å². The van der Waals surface area contributed by atoms with Gasteiger partial charge in [-0.3, -0.25) is 0 Å². The Bertz CT molecular complexity index is 1310. The van der Waals surface area contributed by atoms with Crippen molar-refractivity contribution in [1.82, 2.24) is 0 Å². The number of rotatable bonds is 4. The monoisotopic (exact) mass is 602 g/mol. The van der Waals surface area contributed by atoms with Gasteiger partial charge in [-0.1, -0.05) is 117 Å². The number of benzene rings is 4. The van der Waals surface area contributed by atoms with Gasteiger partial charge >= 0.3 is 11.9 Å². The van der Waals surface area contributed by atoms with Crippen molar-refractivity contribution in [2.75, 3.05) is 0 Å². The minimum Gasteiger partial charge on any atom is -0.452 e. The zero-order chi connectivity index (χ0) is 24.9. The first-order valence-corrected chi connectivity index (χ1v) is 13.1. The van der Waals surface area contributed by atoms with E-state index in [4.69, 9.17) is 9.47 Å². The summed E-state index contributed by atoms with van der Waals surface area (Å²) >= 11 is 8.04. The van der Waals surface area contributed by atoms with Gasteiger partial charge in [0.1, 0.15) is 8.65 Å². The van der Waals surface area contributed by atoms with Crippen LogP contribution in [0.15, 0.2) is 109 Å². The van der Waals surface area contributed by atoms with Crippen LogP contribution in [0.1, 0.15) is 43.0 Å². The highest BCUT2D eigenvalue weighted by Gasteiger charge is 2.67. The third kappa shape index (κ3) is 3.31. The molecule has 0 aromatic heterocycles. The smallest absolute Gasteiger partial charge is 0.338 e. The summed E-state index contributed by atoms with van der Waals surface area (Å²) in [6.45, 7) is 0. The summed E-state index contributed by atoms with van der Waals surface area (Å²) in [5.74, 6) is -0.974. The Morgan fingerprint density at radius 1 is 0.500 bits per heavy atom. The number of hydrogen-bond donors (Lipinski definition) is 0. The van der Waals surface area contributed by atoms with E-state index in [1.165, 1.54) is 0 Å². The number of fused-ring (bicyclic) bond motifs is 1. The molecule has 7 rings (SSSR count). The highest BCUT2D eigenvalue weighted by Crippen LogP contribution is 2.65. The molecule has 0 N–H and O–H groups in total. The van der Waals surface area contributed by atoms with Gasteiger partial charge in [0.2, 0.25) is 0 Å². The molecule has 0 saturated carbocycles. The first-order valence-electron chi connectivity index (χ1n) is 11.6. The van der Waals surface area contributed by atoms with E-state index in [1.54, 1.807) is 48.5 Å². The number of carbonyl (C=O) groups excluding carboxylic acids is 2. The molecule has 6 heteroatoms. The van der Waals surface area contributed by atoms with Crippen LogP contribution in [0.3, 0.4) is 0 Å². The van der Waals surface area contributed by atoms with Gasteiger partial charge in [-0.15, -0.1) is 0 Å². The quantitative estimate of drug-likeness (QED) is 0.191. The van der Waals surface area contributed by atoms with Crippen molar-refractivity contribution in [3.63, 3.8) is 0 Å². The van der Waals surface area contributed by atoms with Gasteiger partial charge in [0, 0.05) is 0 Å². The fraction of sp³-hybridized carbons (Fsp3) is 0.133. The summed E-state index contributed by atoms with van der Waals surface area (Å²) in [4.78, 5) is 26.7. The van der Waals surface area contributed by atoms with Gasteiger partial charge in [-0.05, 0) is 46.5 Å². The number of hydrogen-bond acceptors (Lipinski definition) is 4. The number of halogens is 2. The molecule has 0 saturated heterocycles. The molecule has 4 aromatic carbocycles. The molecule has 3 aliphatic rings. The predicted molar refractivity (Wildman–Crippen MR) is 144 cm³/mol. The van der Waals surface area contributed by atoms with Gasteiger partial charge < -0.3 is 9.47 Å². The second kappa shape index (κ2) is 8.71. The Kier molecular flexibility index (Phi) is 5.61. The van der Waals surface area contributed by atoms with E-state index in [2.05, 4.69) is 31.9 Å². The Morgan fingerprint density at radius 3 is 1.08 bits per heavy atom. The van der Waals surface area contributed by atoms with Crippen LogP contribution in [0, 0.1) is 0 Å². The van der Waals surface area contributed by atoms with E-state index >= 15 is 0 Å². The van der Waals surface area contributed by atoms with Gasteiger partial charge in [-0.2, -0.15) is 0 Å². The van der Waals surface area contributed by atoms with E-state index in [0.717, 1.165) is 22.3 Å². The third-order valence-corrected chi connectivity index (χ3v) is 9.58. The lowest BCUT2D eigenvalue weighted by atomic mass is 9.60. The molecule has 0 spiro atoms. The standard InChI is InChI=1S/C30H20Br2O4/c31-29-21-15-7-9-17-23(21)30(32,24-18-10-8-16-22(24)29)26(36-28(34)20-13-5-2-6-14-20)25(29)35-27(33)19-11-3-1-4-12-19/h1-18,25-26H/t25?,26?,29-,30+. The number of alkyl halides is 2. The Balaban J connectivity index is 1.54. The minimum absolute atomic E-state index is 0.424. The average molecular weight is 604 g/mol. The van der Waals surface area contributed by atoms with E-state index < -0.39 is 32.8 Å². The molecule has 0 aliphatic heterocycles. The molecule has 0 heterocycles. The lowest BCUT2D eigenvalue weighted by Gasteiger charge is -2.57. The maximum atomic E-state index is 13.4. The third-order valence-electron chi connectivity index (χ3n) is 6.97.